The number of benzene rings is 1. The summed E-state index contributed by atoms with van der Waals surface area (Å²) in [5, 5.41) is 0. The average Bonchev–Trinajstić information content (AvgIpc) is 2.98. The third-order valence-electron chi connectivity index (χ3n) is 3.86. The van der Waals surface area contributed by atoms with Crippen LogP contribution < -0.4 is 5.73 Å². The highest BCUT2D eigenvalue weighted by Gasteiger charge is 2.16. The lowest BCUT2D eigenvalue weighted by atomic mass is 10.0. The maximum Gasteiger partial charge on any atom is 0.112 e. The van der Waals surface area contributed by atoms with E-state index < -0.39 is 0 Å². The van der Waals surface area contributed by atoms with Crippen molar-refractivity contribution in [1.29, 1.82) is 0 Å². The Hall–Kier alpha value is -1.13. The maximum absolute atomic E-state index is 5.63. The van der Waals surface area contributed by atoms with Crippen molar-refractivity contribution in [3.05, 3.63) is 39.8 Å². The molecule has 1 aliphatic rings. The van der Waals surface area contributed by atoms with E-state index in [1.165, 1.54) is 36.0 Å². The van der Waals surface area contributed by atoms with Crippen LogP contribution in [0.2, 0.25) is 0 Å². The van der Waals surface area contributed by atoms with Crippen LogP contribution in [0, 0.1) is 0 Å². The fourth-order valence-corrected chi connectivity index (χ4v) is 3.30. The predicted octanol–water partition coefficient (Wildman–Crippen LogP) is 2.84. The highest BCUT2D eigenvalue weighted by atomic mass is 79.9. The van der Waals surface area contributed by atoms with E-state index >= 15 is 0 Å². The van der Waals surface area contributed by atoms with Gasteiger partial charge in [-0.25, -0.2) is 4.98 Å². The molecule has 1 aliphatic carbocycles. The van der Waals surface area contributed by atoms with Crippen molar-refractivity contribution in [2.75, 3.05) is 6.54 Å². The number of nitrogens with two attached hydrogens (primary N) is 1. The van der Waals surface area contributed by atoms with Gasteiger partial charge in [0.05, 0.1) is 0 Å². The molecule has 0 spiro atoms. The van der Waals surface area contributed by atoms with Crippen LogP contribution in [0.3, 0.4) is 0 Å². The summed E-state index contributed by atoms with van der Waals surface area (Å²) in [7, 11) is 2.03. The second kappa shape index (κ2) is 5.10. The van der Waals surface area contributed by atoms with Gasteiger partial charge in [-0.15, -0.1) is 0 Å². The van der Waals surface area contributed by atoms with Gasteiger partial charge in [-0.05, 0) is 58.9 Å². The van der Waals surface area contributed by atoms with E-state index in [1.54, 1.807) is 0 Å². The molecule has 4 heteroatoms. The summed E-state index contributed by atoms with van der Waals surface area (Å²) in [6.45, 7) is 0.626. The summed E-state index contributed by atoms with van der Waals surface area (Å²) < 4.78 is 3.11. The number of aryl methyl sites for hydroxylation is 2. The highest BCUT2D eigenvalue weighted by molar-refractivity contribution is 9.10. The molecule has 100 valence electrons. The molecule has 1 aromatic carbocycles. The van der Waals surface area contributed by atoms with Crippen LogP contribution in [0.1, 0.15) is 23.4 Å². The standard InChI is InChI=1S/C15H18BrN3/c1-19-13(7-8-17)18-14(15(19)16)12-6-5-10-3-2-4-11(10)9-12/h5-6,9H,2-4,7-8,17H2,1H3. The van der Waals surface area contributed by atoms with Gasteiger partial charge < -0.3 is 10.3 Å². The Morgan fingerprint density at radius 1 is 1.32 bits per heavy atom. The van der Waals surface area contributed by atoms with Crippen LogP contribution in [-0.4, -0.2) is 16.1 Å². The number of halogens is 1. The zero-order valence-corrected chi connectivity index (χ0v) is 12.7. The predicted molar refractivity (Wildman–Crippen MR) is 81.1 cm³/mol. The molecule has 0 saturated heterocycles. The summed E-state index contributed by atoms with van der Waals surface area (Å²) in [6.07, 6.45) is 4.50. The first kappa shape index (κ1) is 12.9. The smallest absolute Gasteiger partial charge is 0.112 e. The maximum atomic E-state index is 5.63. The molecule has 1 aromatic heterocycles. The summed E-state index contributed by atoms with van der Waals surface area (Å²) in [5.41, 5.74) is 10.8. The van der Waals surface area contributed by atoms with Crippen LogP contribution in [-0.2, 0) is 26.3 Å². The Morgan fingerprint density at radius 2 is 2.11 bits per heavy atom. The number of fused-ring (bicyclic) bond motifs is 1. The van der Waals surface area contributed by atoms with E-state index in [2.05, 4.69) is 38.7 Å². The molecule has 2 aromatic rings. The second-order valence-corrected chi connectivity index (χ2v) is 5.85. The van der Waals surface area contributed by atoms with Gasteiger partial charge in [0.1, 0.15) is 16.1 Å². The van der Waals surface area contributed by atoms with E-state index in [0.29, 0.717) is 6.54 Å². The molecule has 0 amide bonds. The Kier molecular flexibility index (Phi) is 3.46. The average molecular weight is 320 g/mol. The van der Waals surface area contributed by atoms with E-state index in [0.717, 1.165) is 22.5 Å². The molecule has 0 unspecified atom stereocenters. The molecule has 0 aliphatic heterocycles. The summed E-state index contributed by atoms with van der Waals surface area (Å²) in [4.78, 5) is 4.73. The molecule has 19 heavy (non-hydrogen) atoms. The van der Waals surface area contributed by atoms with Crippen molar-refractivity contribution in [2.24, 2.45) is 12.8 Å². The Morgan fingerprint density at radius 3 is 2.89 bits per heavy atom. The molecule has 0 fully saturated rings. The first-order chi connectivity index (χ1) is 9.20. The lowest BCUT2D eigenvalue weighted by Gasteiger charge is -2.03. The zero-order valence-electron chi connectivity index (χ0n) is 11.1. The lowest BCUT2D eigenvalue weighted by molar-refractivity contribution is 0.767. The molecular formula is C15H18BrN3. The number of aromatic nitrogens is 2. The van der Waals surface area contributed by atoms with Crippen molar-refractivity contribution in [3.8, 4) is 11.3 Å². The zero-order chi connectivity index (χ0) is 13.4. The van der Waals surface area contributed by atoms with Crippen molar-refractivity contribution in [2.45, 2.75) is 25.7 Å². The number of rotatable bonds is 3. The Bertz CT molecular complexity index is 616. The van der Waals surface area contributed by atoms with Crippen LogP contribution in [0.25, 0.3) is 11.3 Å². The molecule has 3 nitrogen and oxygen atoms in total. The molecule has 2 N–H and O–H groups in total. The van der Waals surface area contributed by atoms with Crippen molar-refractivity contribution >= 4 is 15.9 Å². The summed E-state index contributed by atoms with van der Waals surface area (Å²) in [5.74, 6) is 1.03. The monoisotopic (exact) mass is 319 g/mol. The molecule has 0 bridgehead atoms. The molecule has 0 saturated carbocycles. The highest BCUT2D eigenvalue weighted by Crippen LogP contribution is 2.32. The van der Waals surface area contributed by atoms with Gasteiger partial charge in [0, 0.05) is 19.0 Å². The quantitative estimate of drug-likeness (QED) is 0.945. The van der Waals surface area contributed by atoms with Crippen LogP contribution in [0.15, 0.2) is 22.8 Å². The van der Waals surface area contributed by atoms with Gasteiger partial charge in [0.15, 0.2) is 0 Å². The minimum absolute atomic E-state index is 0.626. The molecule has 1 heterocycles. The topological polar surface area (TPSA) is 43.8 Å². The van der Waals surface area contributed by atoms with Gasteiger partial charge >= 0.3 is 0 Å². The third-order valence-corrected chi connectivity index (χ3v) is 4.77. The van der Waals surface area contributed by atoms with Gasteiger partial charge in [-0.1, -0.05) is 12.1 Å². The number of hydrogen-bond acceptors (Lipinski definition) is 2. The number of hydrogen-bond donors (Lipinski definition) is 1. The minimum atomic E-state index is 0.626. The summed E-state index contributed by atoms with van der Waals surface area (Å²) >= 11 is 3.65. The van der Waals surface area contributed by atoms with E-state index in [1.807, 2.05) is 7.05 Å². The normalized spacial score (nSPS) is 13.8. The molecule has 3 rings (SSSR count). The number of nitrogens with zero attached hydrogens (tertiary/aromatic N) is 2. The van der Waals surface area contributed by atoms with Crippen LogP contribution in [0.5, 0.6) is 0 Å². The van der Waals surface area contributed by atoms with Gasteiger partial charge in [0.2, 0.25) is 0 Å². The van der Waals surface area contributed by atoms with Crippen molar-refractivity contribution in [3.63, 3.8) is 0 Å². The molecular weight excluding hydrogens is 302 g/mol. The van der Waals surface area contributed by atoms with Gasteiger partial charge in [-0.3, -0.25) is 0 Å². The Labute approximate surface area is 122 Å². The van der Waals surface area contributed by atoms with E-state index in [4.69, 9.17) is 10.7 Å². The second-order valence-electron chi connectivity index (χ2n) is 5.10. The third kappa shape index (κ3) is 2.23. The van der Waals surface area contributed by atoms with Crippen molar-refractivity contribution < 1.29 is 0 Å². The molecule has 0 atom stereocenters. The van der Waals surface area contributed by atoms with Gasteiger partial charge in [-0.2, -0.15) is 0 Å². The fourth-order valence-electron chi connectivity index (χ4n) is 2.78. The summed E-state index contributed by atoms with van der Waals surface area (Å²) in [6, 6.07) is 6.73. The first-order valence-corrected chi connectivity index (χ1v) is 7.53. The SMILES string of the molecule is Cn1c(CCN)nc(-c2ccc3c(c2)CCC3)c1Br. The first-order valence-electron chi connectivity index (χ1n) is 6.74. The van der Waals surface area contributed by atoms with Crippen LogP contribution >= 0.6 is 15.9 Å². The molecule has 0 radical (unpaired) electrons. The minimum Gasteiger partial charge on any atom is -0.330 e. The Balaban J connectivity index is 2.04. The van der Waals surface area contributed by atoms with Crippen molar-refractivity contribution in [1.82, 2.24) is 9.55 Å². The van der Waals surface area contributed by atoms with E-state index in [9.17, 15) is 0 Å². The fraction of sp³-hybridized carbons (Fsp3) is 0.400. The van der Waals surface area contributed by atoms with Crippen LogP contribution in [0.4, 0.5) is 0 Å². The largest absolute Gasteiger partial charge is 0.330 e. The van der Waals surface area contributed by atoms with E-state index in [-0.39, 0.29) is 0 Å². The lowest BCUT2D eigenvalue weighted by Crippen LogP contribution is -2.07. The van der Waals surface area contributed by atoms with Gasteiger partial charge in [0.25, 0.3) is 0 Å². The number of imidazole rings is 1.